The van der Waals surface area contributed by atoms with Gasteiger partial charge in [-0.05, 0) is 42.3 Å². The highest BCUT2D eigenvalue weighted by molar-refractivity contribution is 6.42. The van der Waals surface area contributed by atoms with Crippen LogP contribution in [-0.2, 0) is 6.54 Å². The fraction of sp³-hybridized carbons (Fsp3) is 0.143. The Balaban J connectivity index is 2.11. The lowest BCUT2D eigenvalue weighted by atomic mass is 10.1. The molecule has 18 heavy (non-hydrogen) atoms. The zero-order chi connectivity index (χ0) is 13.1. The number of rotatable bonds is 3. The lowest BCUT2D eigenvalue weighted by Crippen LogP contribution is -2.01. The van der Waals surface area contributed by atoms with Crippen molar-refractivity contribution in [3.63, 3.8) is 0 Å². The third-order valence-corrected chi connectivity index (χ3v) is 3.41. The van der Waals surface area contributed by atoms with Gasteiger partial charge in [0.05, 0.1) is 10.0 Å². The Labute approximate surface area is 116 Å². The summed E-state index contributed by atoms with van der Waals surface area (Å²) in [7, 11) is 0. The zero-order valence-electron chi connectivity index (χ0n) is 9.81. The summed E-state index contributed by atoms with van der Waals surface area (Å²) in [6.45, 7) is 2.50. The van der Waals surface area contributed by atoms with Crippen LogP contribution in [0.5, 0.6) is 0 Å². The maximum absolute atomic E-state index is 13.1. The van der Waals surface area contributed by atoms with Crippen molar-refractivity contribution in [1.29, 1.82) is 0 Å². The number of anilines is 1. The number of benzene rings is 2. The molecule has 2 aromatic carbocycles. The lowest BCUT2D eigenvalue weighted by Gasteiger charge is -2.10. The second-order valence-corrected chi connectivity index (χ2v) is 4.88. The Hall–Kier alpha value is -1.25. The van der Waals surface area contributed by atoms with E-state index in [0.29, 0.717) is 16.6 Å². The van der Waals surface area contributed by atoms with Crippen LogP contribution in [0.1, 0.15) is 11.1 Å². The molecule has 0 amide bonds. The molecule has 2 rings (SSSR count). The van der Waals surface area contributed by atoms with Crippen molar-refractivity contribution in [2.24, 2.45) is 0 Å². The maximum Gasteiger partial charge on any atom is 0.125 e. The van der Waals surface area contributed by atoms with Crippen LogP contribution in [0.2, 0.25) is 10.0 Å². The summed E-state index contributed by atoms with van der Waals surface area (Å²) >= 11 is 11.8. The third kappa shape index (κ3) is 3.15. The van der Waals surface area contributed by atoms with Crippen molar-refractivity contribution in [3.05, 3.63) is 63.4 Å². The van der Waals surface area contributed by atoms with E-state index in [1.54, 1.807) is 18.2 Å². The van der Waals surface area contributed by atoms with Gasteiger partial charge in [-0.3, -0.25) is 0 Å². The fourth-order valence-corrected chi connectivity index (χ4v) is 1.95. The highest BCUT2D eigenvalue weighted by Gasteiger charge is 2.02. The van der Waals surface area contributed by atoms with Crippen LogP contribution < -0.4 is 5.32 Å². The van der Waals surface area contributed by atoms with E-state index in [-0.39, 0.29) is 5.82 Å². The van der Waals surface area contributed by atoms with Crippen LogP contribution in [0.25, 0.3) is 0 Å². The molecule has 0 heterocycles. The molecule has 0 aliphatic carbocycles. The number of hydrogen-bond donors (Lipinski definition) is 1. The lowest BCUT2D eigenvalue weighted by molar-refractivity contribution is 0.628. The van der Waals surface area contributed by atoms with E-state index in [0.717, 1.165) is 16.8 Å². The minimum Gasteiger partial charge on any atom is -0.381 e. The maximum atomic E-state index is 13.1. The van der Waals surface area contributed by atoms with Gasteiger partial charge in [-0.1, -0.05) is 35.3 Å². The molecule has 0 spiro atoms. The average molecular weight is 284 g/mol. The standard InChI is InChI=1S/C14H12Cl2FN/c1-9-2-4-11(17)7-14(9)18-8-10-3-5-12(15)13(16)6-10/h2-7,18H,8H2,1H3. The summed E-state index contributed by atoms with van der Waals surface area (Å²) in [5.74, 6) is -0.253. The first-order valence-electron chi connectivity index (χ1n) is 5.50. The van der Waals surface area contributed by atoms with Crippen LogP contribution in [0.15, 0.2) is 36.4 Å². The predicted molar refractivity (Wildman–Crippen MR) is 74.9 cm³/mol. The average Bonchev–Trinajstić information content (AvgIpc) is 2.34. The quantitative estimate of drug-likeness (QED) is 0.831. The van der Waals surface area contributed by atoms with Gasteiger partial charge >= 0.3 is 0 Å². The van der Waals surface area contributed by atoms with E-state index in [1.807, 2.05) is 13.0 Å². The number of aryl methyl sites for hydroxylation is 1. The summed E-state index contributed by atoms with van der Waals surface area (Å²) in [4.78, 5) is 0. The van der Waals surface area contributed by atoms with Gasteiger partial charge in [0.25, 0.3) is 0 Å². The van der Waals surface area contributed by atoms with Gasteiger partial charge < -0.3 is 5.32 Å². The molecule has 0 bridgehead atoms. The monoisotopic (exact) mass is 283 g/mol. The smallest absolute Gasteiger partial charge is 0.125 e. The Morgan fingerprint density at radius 3 is 2.56 bits per heavy atom. The van der Waals surface area contributed by atoms with E-state index in [9.17, 15) is 4.39 Å². The third-order valence-electron chi connectivity index (χ3n) is 2.67. The highest BCUT2D eigenvalue weighted by Crippen LogP contribution is 2.23. The van der Waals surface area contributed by atoms with Gasteiger partial charge in [-0.2, -0.15) is 0 Å². The van der Waals surface area contributed by atoms with Crippen molar-refractivity contribution >= 4 is 28.9 Å². The molecule has 0 fully saturated rings. The summed E-state index contributed by atoms with van der Waals surface area (Å²) in [6, 6.07) is 10.1. The molecule has 0 atom stereocenters. The molecule has 2 aromatic rings. The largest absolute Gasteiger partial charge is 0.381 e. The summed E-state index contributed by atoms with van der Waals surface area (Å²) < 4.78 is 13.1. The molecule has 1 N–H and O–H groups in total. The van der Waals surface area contributed by atoms with Gasteiger partial charge in [0.15, 0.2) is 0 Å². The topological polar surface area (TPSA) is 12.0 Å². The van der Waals surface area contributed by atoms with Crippen molar-refractivity contribution < 1.29 is 4.39 Å². The second-order valence-electron chi connectivity index (χ2n) is 4.06. The minimum atomic E-state index is -0.253. The number of halogens is 3. The Bertz CT molecular complexity index is 570. The van der Waals surface area contributed by atoms with E-state index >= 15 is 0 Å². The van der Waals surface area contributed by atoms with Crippen LogP contribution in [0.3, 0.4) is 0 Å². The fourth-order valence-electron chi connectivity index (χ4n) is 1.63. The van der Waals surface area contributed by atoms with Crippen molar-refractivity contribution in [2.75, 3.05) is 5.32 Å². The summed E-state index contributed by atoms with van der Waals surface area (Å²) in [5.41, 5.74) is 2.77. The first-order valence-corrected chi connectivity index (χ1v) is 6.26. The van der Waals surface area contributed by atoms with Gasteiger partial charge in [-0.25, -0.2) is 4.39 Å². The van der Waals surface area contributed by atoms with E-state index in [4.69, 9.17) is 23.2 Å². The Kier molecular flexibility index (Phi) is 4.10. The molecule has 0 unspecified atom stereocenters. The molecule has 1 nitrogen and oxygen atoms in total. The molecule has 94 valence electrons. The second kappa shape index (κ2) is 5.59. The van der Waals surface area contributed by atoms with E-state index in [2.05, 4.69) is 5.32 Å². The molecule has 0 aliphatic rings. The summed E-state index contributed by atoms with van der Waals surface area (Å²) in [5, 5.41) is 4.23. The molecule has 0 saturated carbocycles. The van der Waals surface area contributed by atoms with Crippen molar-refractivity contribution in [3.8, 4) is 0 Å². The SMILES string of the molecule is Cc1ccc(F)cc1NCc1ccc(Cl)c(Cl)c1. The molecule has 4 heteroatoms. The Morgan fingerprint density at radius 1 is 1.06 bits per heavy atom. The number of nitrogens with one attached hydrogen (secondary N) is 1. The van der Waals surface area contributed by atoms with Gasteiger partial charge in [-0.15, -0.1) is 0 Å². The van der Waals surface area contributed by atoms with E-state index < -0.39 is 0 Å². The molecule has 0 saturated heterocycles. The van der Waals surface area contributed by atoms with Gasteiger partial charge in [0.1, 0.15) is 5.82 Å². The van der Waals surface area contributed by atoms with Crippen LogP contribution in [-0.4, -0.2) is 0 Å². The van der Waals surface area contributed by atoms with Crippen molar-refractivity contribution in [1.82, 2.24) is 0 Å². The van der Waals surface area contributed by atoms with Gasteiger partial charge in [0, 0.05) is 12.2 Å². The van der Waals surface area contributed by atoms with Crippen molar-refractivity contribution in [2.45, 2.75) is 13.5 Å². The number of hydrogen-bond acceptors (Lipinski definition) is 1. The first-order chi connectivity index (χ1) is 8.56. The minimum absolute atomic E-state index is 0.253. The zero-order valence-corrected chi connectivity index (χ0v) is 11.3. The summed E-state index contributed by atoms with van der Waals surface area (Å²) in [6.07, 6.45) is 0. The molecule has 0 aliphatic heterocycles. The van der Waals surface area contributed by atoms with Gasteiger partial charge in [0.2, 0.25) is 0 Å². The molecule has 0 radical (unpaired) electrons. The van der Waals surface area contributed by atoms with Crippen LogP contribution >= 0.6 is 23.2 Å². The normalized spacial score (nSPS) is 10.4. The molecular formula is C14H12Cl2FN. The highest BCUT2D eigenvalue weighted by atomic mass is 35.5. The first kappa shape index (κ1) is 13.2. The van der Waals surface area contributed by atoms with Crippen LogP contribution in [0.4, 0.5) is 10.1 Å². The van der Waals surface area contributed by atoms with Crippen LogP contribution in [0, 0.1) is 12.7 Å². The molecular weight excluding hydrogens is 272 g/mol. The molecule has 0 aromatic heterocycles. The predicted octanol–water partition coefficient (Wildman–Crippen LogP) is 5.05. The Morgan fingerprint density at radius 2 is 1.83 bits per heavy atom. The van der Waals surface area contributed by atoms with E-state index in [1.165, 1.54) is 12.1 Å².